The van der Waals surface area contributed by atoms with Crippen LogP contribution in [0.1, 0.15) is 43.8 Å². The molecule has 1 atom stereocenters. The van der Waals surface area contributed by atoms with E-state index in [1.165, 1.54) is 18.4 Å². The van der Waals surface area contributed by atoms with Crippen LogP contribution in [-0.2, 0) is 9.47 Å². The number of ether oxygens (including phenoxy) is 2. The average Bonchev–Trinajstić information content (AvgIpc) is 3.55. The van der Waals surface area contributed by atoms with Crippen molar-refractivity contribution >= 4 is 40.6 Å². The first kappa shape index (κ1) is 19.8. The van der Waals surface area contributed by atoms with Crippen molar-refractivity contribution in [2.24, 2.45) is 0 Å². The van der Waals surface area contributed by atoms with Crippen LogP contribution < -0.4 is 5.73 Å². The highest BCUT2D eigenvalue weighted by Gasteiger charge is 2.42. The van der Waals surface area contributed by atoms with E-state index in [-0.39, 0.29) is 17.0 Å². The van der Waals surface area contributed by atoms with Gasteiger partial charge in [-0.3, -0.25) is 14.7 Å². The number of para-hydroxylation sites is 1. The number of aromatic nitrogens is 2. The Bertz CT molecular complexity index is 1530. The van der Waals surface area contributed by atoms with Gasteiger partial charge in [-0.25, -0.2) is 4.90 Å². The Labute approximate surface area is 193 Å². The molecule has 8 nitrogen and oxygen atoms in total. The number of carbonyl (C=O) groups is 2. The van der Waals surface area contributed by atoms with Crippen LogP contribution in [0.4, 0.5) is 5.69 Å². The third-order valence-corrected chi connectivity index (χ3v) is 5.82. The van der Waals surface area contributed by atoms with E-state index in [1.54, 1.807) is 6.07 Å². The molecule has 0 saturated heterocycles. The molecule has 34 heavy (non-hydrogen) atoms. The van der Waals surface area contributed by atoms with E-state index in [2.05, 4.69) is 10.2 Å². The van der Waals surface area contributed by atoms with Gasteiger partial charge in [0.15, 0.2) is 0 Å². The summed E-state index contributed by atoms with van der Waals surface area (Å²) in [4.78, 5) is 26.6. The molecule has 2 aliphatic rings. The molecule has 2 aliphatic heterocycles. The van der Waals surface area contributed by atoms with E-state index < -0.39 is 18.1 Å². The number of amides is 2. The number of hydrogen-bond donors (Lipinski definition) is 2. The van der Waals surface area contributed by atoms with Gasteiger partial charge in [-0.05, 0) is 35.9 Å². The standard InChI is InChI=1S/C26H18N4O4/c27-16-10-11-18-20(13-16)25(32)30(24(18)31)23-14-33-26(34-23)17-6-2-1-5-15(17)9-12-22-19-7-3-4-8-21(19)28-29-22/h1-14,26H,27H2,(H,28,29)/b12-9+. The van der Waals surface area contributed by atoms with Crippen LogP contribution in [0.2, 0.25) is 0 Å². The van der Waals surface area contributed by atoms with Crippen LogP contribution in [0.15, 0.2) is 78.9 Å². The maximum absolute atomic E-state index is 12.8. The van der Waals surface area contributed by atoms with Crippen molar-refractivity contribution in [3.8, 4) is 0 Å². The number of aromatic amines is 1. The summed E-state index contributed by atoms with van der Waals surface area (Å²) in [5.41, 5.74) is 10.1. The van der Waals surface area contributed by atoms with Crippen molar-refractivity contribution in [1.29, 1.82) is 0 Å². The molecule has 2 amide bonds. The van der Waals surface area contributed by atoms with Crippen LogP contribution in [0.5, 0.6) is 0 Å². The maximum Gasteiger partial charge on any atom is 0.269 e. The van der Waals surface area contributed by atoms with Gasteiger partial charge in [0.25, 0.3) is 18.1 Å². The summed E-state index contributed by atoms with van der Waals surface area (Å²) in [6, 6.07) is 20.1. The normalized spacial score (nSPS) is 17.2. The third-order valence-electron chi connectivity index (χ3n) is 5.82. The minimum atomic E-state index is -0.818. The predicted octanol–water partition coefficient (Wildman–Crippen LogP) is 4.46. The van der Waals surface area contributed by atoms with Crippen molar-refractivity contribution in [2.45, 2.75) is 6.29 Å². The van der Waals surface area contributed by atoms with E-state index in [9.17, 15) is 9.59 Å². The van der Waals surface area contributed by atoms with Gasteiger partial charge in [0.05, 0.1) is 22.3 Å². The molecule has 0 radical (unpaired) electrons. The zero-order chi connectivity index (χ0) is 23.2. The van der Waals surface area contributed by atoms with Crippen LogP contribution in [0.3, 0.4) is 0 Å². The Morgan fingerprint density at radius 3 is 2.65 bits per heavy atom. The van der Waals surface area contributed by atoms with Crippen LogP contribution in [0.25, 0.3) is 23.1 Å². The number of nitrogens with one attached hydrogen (secondary N) is 1. The minimum absolute atomic E-state index is 0.0341. The highest BCUT2D eigenvalue weighted by atomic mass is 16.7. The number of rotatable bonds is 4. The van der Waals surface area contributed by atoms with Gasteiger partial charge in [0, 0.05) is 16.6 Å². The molecule has 3 N–H and O–H groups in total. The molecule has 0 bridgehead atoms. The van der Waals surface area contributed by atoms with Crippen molar-refractivity contribution in [3.05, 3.63) is 107 Å². The second-order valence-electron chi connectivity index (χ2n) is 7.91. The summed E-state index contributed by atoms with van der Waals surface area (Å²) < 4.78 is 11.6. The topological polar surface area (TPSA) is 111 Å². The lowest BCUT2D eigenvalue weighted by Crippen LogP contribution is -2.29. The number of benzene rings is 3. The smallest absolute Gasteiger partial charge is 0.269 e. The zero-order valence-electron chi connectivity index (χ0n) is 17.8. The highest BCUT2D eigenvalue weighted by Crippen LogP contribution is 2.36. The molecule has 0 spiro atoms. The highest BCUT2D eigenvalue weighted by molar-refractivity contribution is 6.22. The summed E-state index contributed by atoms with van der Waals surface area (Å²) in [6.07, 6.45) is 4.31. The maximum atomic E-state index is 12.8. The molecule has 4 aromatic rings. The SMILES string of the molecule is Nc1ccc2c(c1)C(=O)N(C1=COC(c3ccccc3/C=C/c3n[nH]c4ccccc34)O1)C2=O. The second-order valence-corrected chi connectivity index (χ2v) is 7.91. The number of H-pyrrole nitrogens is 1. The van der Waals surface area contributed by atoms with Gasteiger partial charge in [0.2, 0.25) is 5.88 Å². The average molecular weight is 450 g/mol. The number of hydrogen-bond acceptors (Lipinski definition) is 6. The Balaban J connectivity index is 1.25. The fourth-order valence-corrected chi connectivity index (χ4v) is 4.14. The molecular formula is C26H18N4O4. The molecule has 8 heteroatoms. The monoisotopic (exact) mass is 450 g/mol. The van der Waals surface area contributed by atoms with Crippen molar-refractivity contribution in [1.82, 2.24) is 15.1 Å². The lowest BCUT2D eigenvalue weighted by atomic mass is 10.1. The molecule has 3 heterocycles. The lowest BCUT2D eigenvalue weighted by molar-refractivity contribution is -0.0464. The molecule has 3 aromatic carbocycles. The number of imide groups is 1. The molecule has 0 fully saturated rings. The van der Waals surface area contributed by atoms with Crippen LogP contribution in [-0.4, -0.2) is 26.9 Å². The van der Waals surface area contributed by atoms with E-state index in [4.69, 9.17) is 15.2 Å². The number of nitrogens with two attached hydrogens (primary N) is 1. The van der Waals surface area contributed by atoms with E-state index in [0.717, 1.165) is 32.6 Å². The first-order chi connectivity index (χ1) is 16.6. The van der Waals surface area contributed by atoms with Gasteiger partial charge < -0.3 is 15.2 Å². The Morgan fingerprint density at radius 2 is 1.74 bits per heavy atom. The molecule has 166 valence electrons. The fraction of sp³-hybridized carbons (Fsp3) is 0.0385. The lowest BCUT2D eigenvalue weighted by Gasteiger charge is -2.17. The molecule has 1 unspecified atom stereocenters. The number of nitrogens with zero attached hydrogens (tertiary/aromatic N) is 2. The second kappa shape index (κ2) is 7.63. The Morgan fingerprint density at radius 1 is 0.941 bits per heavy atom. The molecular weight excluding hydrogens is 432 g/mol. The van der Waals surface area contributed by atoms with E-state index >= 15 is 0 Å². The molecule has 0 aliphatic carbocycles. The van der Waals surface area contributed by atoms with Crippen LogP contribution >= 0.6 is 0 Å². The van der Waals surface area contributed by atoms with Crippen molar-refractivity contribution in [2.75, 3.05) is 5.73 Å². The van der Waals surface area contributed by atoms with Crippen molar-refractivity contribution in [3.63, 3.8) is 0 Å². The van der Waals surface area contributed by atoms with Gasteiger partial charge >= 0.3 is 0 Å². The van der Waals surface area contributed by atoms with Crippen molar-refractivity contribution < 1.29 is 19.1 Å². The third kappa shape index (κ3) is 3.12. The van der Waals surface area contributed by atoms with Gasteiger partial charge in [-0.15, -0.1) is 0 Å². The summed E-state index contributed by atoms with van der Waals surface area (Å²) in [6.45, 7) is 0. The summed E-state index contributed by atoms with van der Waals surface area (Å²) in [7, 11) is 0. The number of fused-ring (bicyclic) bond motifs is 2. The number of anilines is 1. The summed E-state index contributed by atoms with van der Waals surface area (Å²) in [5.74, 6) is -0.942. The van der Waals surface area contributed by atoms with Gasteiger partial charge in [-0.2, -0.15) is 5.10 Å². The predicted molar refractivity (Wildman–Crippen MR) is 126 cm³/mol. The summed E-state index contributed by atoms with van der Waals surface area (Å²) >= 11 is 0. The van der Waals surface area contributed by atoms with Crippen LogP contribution in [0, 0.1) is 0 Å². The van der Waals surface area contributed by atoms with E-state index in [1.807, 2.05) is 60.7 Å². The molecule has 6 rings (SSSR count). The number of nitrogen functional groups attached to an aromatic ring is 1. The quantitative estimate of drug-likeness (QED) is 0.351. The number of carbonyl (C=O) groups excluding carboxylic acids is 2. The molecule has 1 aromatic heterocycles. The first-order valence-corrected chi connectivity index (χ1v) is 10.6. The largest absolute Gasteiger partial charge is 0.453 e. The molecule has 0 saturated carbocycles. The Hall–Kier alpha value is -4.85. The zero-order valence-corrected chi connectivity index (χ0v) is 17.8. The van der Waals surface area contributed by atoms with E-state index in [0.29, 0.717) is 5.69 Å². The Kier molecular flexibility index (Phi) is 4.44. The first-order valence-electron chi connectivity index (χ1n) is 10.6. The minimum Gasteiger partial charge on any atom is -0.453 e. The summed E-state index contributed by atoms with van der Waals surface area (Å²) in [5, 5.41) is 8.40. The van der Waals surface area contributed by atoms with Gasteiger partial charge in [0.1, 0.15) is 6.26 Å². The fourth-order valence-electron chi connectivity index (χ4n) is 4.14. The van der Waals surface area contributed by atoms with Gasteiger partial charge in [-0.1, -0.05) is 48.5 Å².